The number of nitrogens with one attached hydrogen (secondary N) is 1. The van der Waals surface area contributed by atoms with E-state index in [1.165, 1.54) is 4.90 Å². The Morgan fingerprint density at radius 3 is 2.30 bits per heavy atom. The SMILES string of the molecule is CCc1ccccc1NC(=O)C(C)N1C(=O)C2C3C=CC(C4CC34)C2C1=O. The van der Waals surface area contributed by atoms with Crippen LogP contribution in [0.25, 0.3) is 0 Å². The van der Waals surface area contributed by atoms with Crippen LogP contribution in [0.1, 0.15) is 25.8 Å². The van der Waals surface area contributed by atoms with Gasteiger partial charge in [0.15, 0.2) is 0 Å². The third kappa shape index (κ3) is 2.27. The number of likely N-dealkylation sites (tertiary alicyclic amines) is 1. The molecule has 1 saturated heterocycles. The molecule has 2 saturated carbocycles. The second-order valence-corrected chi connectivity index (χ2v) is 8.38. The number of hydrogen-bond acceptors (Lipinski definition) is 3. The van der Waals surface area contributed by atoms with Crippen LogP contribution in [0, 0.1) is 35.5 Å². The van der Waals surface area contributed by atoms with E-state index in [4.69, 9.17) is 0 Å². The van der Waals surface area contributed by atoms with E-state index in [2.05, 4.69) is 17.5 Å². The molecule has 0 aromatic heterocycles. The van der Waals surface area contributed by atoms with Crippen LogP contribution in [0.3, 0.4) is 0 Å². The average molecular weight is 364 g/mol. The van der Waals surface area contributed by atoms with Crippen molar-refractivity contribution in [3.63, 3.8) is 0 Å². The predicted octanol–water partition coefficient (Wildman–Crippen LogP) is 2.63. The number of carbonyl (C=O) groups excluding carboxylic acids is 3. The summed E-state index contributed by atoms with van der Waals surface area (Å²) < 4.78 is 0. The fourth-order valence-corrected chi connectivity index (χ4v) is 5.67. The molecule has 1 heterocycles. The lowest BCUT2D eigenvalue weighted by atomic mass is 9.63. The number of benzene rings is 1. The number of rotatable bonds is 4. The molecule has 1 aliphatic heterocycles. The zero-order valence-corrected chi connectivity index (χ0v) is 15.6. The van der Waals surface area contributed by atoms with Crippen LogP contribution in [0.15, 0.2) is 36.4 Å². The number of hydrogen-bond donors (Lipinski definition) is 1. The van der Waals surface area contributed by atoms with Gasteiger partial charge in [0.05, 0.1) is 11.8 Å². The van der Waals surface area contributed by atoms with Crippen LogP contribution >= 0.6 is 0 Å². The Morgan fingerprint density at radius 2 is 1.70 bits per heavy atom. The lowest BCUT2D eigenvalue weighted by molar-refractivity contribution is -0.146. The topological polar surface area (TPSA) is 66.5 Å². The third-order valence-corrected chi connectivity index (χ3v) is 7.12. The van der Waals surface area contributed by atoms with E-state index in [1.807, 2.05) is 31.2 Å². The molecule has 4 aliphatic carbocycles. The van der Waals surface area contributed by atoms with Gasteiger partial charge in [-0.05, 0) is 55.1 Å². The number of amides is 3. The molecule has 0 radical (unpaired) electrons. The number of carbonyl (C=O) groups is 3. The Morgan fingerprint density at radius 1 is 1.11 bits per heavy atom. The highest BCUT2D eigenvalue weighted by Crippen LogP contribution is 2.65. The molecule has 1 aromatic rings. The molecule has 7 unspecified atom stereocenters. The molecule has 1 N–H and O–H groups in total. The Bertz CT molecular complexity index is 840. The van der Waals surface area contributed by atoms with Gasteiger partial charge in [-0.15, -0.1) is 0 Å². The molecule has 27 heavy (non-hydrogen) atoms. The maximum Gasteiger partial charge on any atom is 0.247 e. The van der Waals surface area contributed by atoms with Crippen LogP contribution in [0.4, 0.5) is 5.69 Å². The molecule has 2 bridgehead atoms. The first-order valence-corrected chi connectivity index (χ1v) is 9.97. The summed E-state index contributed by atoms with van der Waals surface area (Å²) in [4.78, 5) is 40.3. The Hall–Kier alpha value is -2.43. The van der Waals surface area contributed by atoms with Crippen LogP contribution < -0.4 is 5.32 Å². The number of imide groups is 1. The van der Waals surface area contributed by atoms with Gasteiger partial charge in [-0.3, -0.25) is 19.3 Å². The summed E-state index contributed by atoms with van der Waals surface area (Å²) in [6, 6.07) is 6.83. The molecule has 5 heteroatoms. The summed E-state index contributed by atoms with van der Waals surface area (Å²) in [6.07, 6.45) is 6.24. The first-order chi connectivity index (χ1) is 13.0. The molecular formula is C22H24N2O3. The molecular weight excluding hydrogens is 340 g/mol. The van der Waals surface area contributed by atoms with Crippen molar-refractivity contribution in [3.8, 4) is 0 Å². The maximum atomic E-state index is 13.1. The van der Waals surface area contributed by atoms with E-state index >= 15 is 0 Å². The zero-order valence-electron chi connectivity index (χ0n) is 15.6. The minimum atomic E-state index is -0.795. The molecule has 7 atom stereocenters. The largest absolute Gasteiger partial charge is 0.324 e. The molecule has 3 fully saturated rings. The monoisotopic (exact) mass is 364 g/mol. The first-order valence-electron chi connectivity index (χ1n) is 9.97. The predicted molar refractivity (Wildman–Crippen MR) is 100 cm³/mol. The van der Waals surface area contributed by atoms with E-state index in [9.17, 15) is 14.4 Å². The summed E-state index contributed by atoms with van der Waals surface area (Å²) in [7, 11) is 0. The third-order valence-electron chi connectivity index (χ3n) is 7.12. The minimum Gasteiger partial charge on any atom is -0.324 e. The highest BCUT2D eigenvalue weighted by atomic mass is 16.2. The van der Waals surface area contributed by atoms with Crippen molar-refractivity contribution >= 4 is 23.4 Å². The Kier molecular flexibility index (Phi) is 3.58. The van der Waals surface area contributed by atoms with Crippen molar-refractivity contribution in [3.05, 3.63) is 42.0 Å². The van der Waals surface area contributed by atoms with Gasteiger partial charge < -0.3 is 5.32 Å². The van der Waals surface area contributed by atoms with Gasteiger partial charge in [0, 0.05) is 5.69 Å². The maximum absolute atomic E-state index is 13.1. The Labute approximate surface area is 158 Å². The summed E-state index contributed by atoms with van der Waals surface area (Å²) >= 11 is 0. The zero-order chi connectivity index (χ0) is 18.9. The fraction of sp³-hybridized carbons (Fsp3) is 0.500. The van der Waals surface area contributed by atoms with Crippen LogP contribution in [-0.2, 0) is 20.8 Å². The van der Waals surface area contributed by atoms with Crippen molar-refractivity contribution in [1.82, 2.24) is 4.90 Å². The summed E-state index contributed by atoms with van der Waals surface area (Å²) in [5.41, 5.74) is 1.78. The van der Waals surface area contributed by atoms with Gasteiger partial charge in [-0.25, -0.2) is 0 Å². The lowest BCUT2D eigenvalue weighted by Crippen LogP contribution is -2.46. The lowest BCUT2D eigenvalue weighted by Gasteiger charge is -2.37. The normalized spacial score (nSPS) is 36.4. The molecule has 6 rings (SSSR count). The smallest absolute Gasteiger partial charge is 0.247 e. The molecule has 3 amide bonds. The van der Waals surface area contributed by atoms with Gasteiger partial charge in [0.25, 0.3) is 0 Å². The highest BCUT2D eigenvalue weighted by molar-refractivity contribution is 6.10. The number of allylic oxidation sites excluding steroid dienone is 2. The van der Waals surface area contributed by atoms with E-state index in [1.54, 1.807) is 6.92 Å². The highest BCUT2D eigenvalue weighted by Gasteiger charge is 2.67. The summed E-state index contributed by atoms with van der Waals surface area (Å²) in [5, 5.41) is 2.92. The number of anilines is 1. The average Bonchev–Trinajstić information content (AvgIpc) is 3.45. The van der Waals surface area contributed by atoms with Crippen molar-refractivity contribution in [2.24, 2.45) is 35.5 Å². The molecule has 0 spiro atoms. The summed E-state index contributed by atoms with van der Waals surface area (Å²) in [5.74, 6) is 0.384. The first kappa shape index (κ1) is 16.7. The number of aryl methyl sites for hydroxylation is 1. The molecule has 5 nitrogen and oxygen atoms in total. The fourth-order valence-electron chi connectivity index (χ4n) is 5.67. The van der Waals surface area contributed by atoms with Gasteiger partial charge in [-0.2, -0.15) is 0 Å². The summed E-state index contributed by atoms with van der Waals surface area (Å²) in [6.45, 7) is 3.69. The van der Waals surface area contributed by atoms with E-state index < -0.39 is 6.04 Å². The van der Waals surface area contributed by atoms with Gasteiger partial charge in [0.1, 0.15) is 6.04 Å². The van der Waals surface area contributed by atoms with Crippen molar-refractivity contribution in [1.29, 1.82) is 0 Å². The van der Waals surface area contributed by atoms with E-state index in [-0.39, 0.29) is 41.4 Å². The quantitative estimate of drug-likeness (QED) is 0.660. The number of nitrogens with zero attached hydrogens (tertiary/aromatic N) is 1. The van der Waals surface area contributed by atoms with Gasteiger partial charge in [-0.1, -0.05) is 37.3 Å². The minimum absolute atomic E-state index is 0.152. The standard InChI is InChI=1S/C22H24N2O3/c1-3-12-6-4-5-7-17(12)23-20(25)11(2)24-21(26)18-13-8-9-14(16-10-15(13)16)19(18)22(24)27/h4-9,11,13-16,18-19H,3,10H2,1-2H3,(H,23,25). The van der Waals surface area contributed by atoms with Gasteiger partial charge >= 0.3 is 0 Å². The molecule has 5 aliphatic rings. The van der Waals surface area contributed by atoms with Crippen LogP contribution in [-0.4, -0.2) is 28.7 Å². The van der Waals surface area contributed by atoms with Gasteiger partial charge in [0.2, 0.25) is 17.7 Å². The van der Waals surface area contributed by atoms with Crippen LogP contribution in [0.2, 0.25) is 0 Å². The second-order valence-electron chi connectivity index (χ2n) is 8.38. The molecule has 1 aromatic carbocycles. The Balaban J connectivity index is 1.38. The molecule has 140 valence electrons. The van der Waals surface area contributed by atoms with E-state index in [0.29, 0.717) is 11.8 Å². The second kappa shape index (κ2) is 5.78. The van der Waals surface area contributed by atoms with E-state index in [0.717, 1.165) is 24.1 Å². The van der Waals surface area contributed by atoms with Crippen molar-refractivity contribution in [2.75, 3.05) is 5.32 Å². The van der Waals surface area contributed by atoms with Crippen molar-refractivity contribution < 1.29 is 14.4 Å². The van der Waals surface area contributed by atoms with Crippen LogP contribution in [0.5, 0.6) is 0 Å². The number of para-hydroxylation sites is 1. The van der Waals surface area contributed by atoms with Crippen molar-refractivity contribution in [2.45, 2.75) is 32.7 Å².